The molecule has 1 atom stereocenters. The highest BCUT2D eigenvalue weighted by atomic mass is 32.2. The molecule has 0 fully saturated rings. The van der Waals surface area contributed by atoms with E-state index in [-0.39, 0.29) is 6.04 Å². The molecule has 0 heterocycles. The third-order valence-electron chi connectivity index (χ3n) is 3.09. The summed E-state index contributed by atoms with van der Waals surface area (Å²) in [5.74, 6) is -3.04. The molecule has 0 aliphatic carbocycles. The number of amides is 2. The average Bonchev–Trinajstić information content (AvgIpc) is 2.47. The normalized spacial score (nSPS) is 11.9. The van der Waals surface area contributed by atoms with Crippen LogP contribution in [-0.2, 0) is 9.59 Å². The lowest BCUT2D eigenvalue weighted by Crippen LogP contribution is -2.44. The Labute approximate surface area is 126 Å². The van der Waals surface area contributed by atoms with Crippen LogP contribution in [0.3, 0.4) is 0 Å². The zero-order valence-electron chi connectivity index (χ0n) is 12.2. The summed E-state index contributed by atoms with van der Waals surface area (Å²) in [6, 6.07) is 3.09. The van der Waals surface area contributed by atoms with Crippen LogP contribution in [0.25, 0.3) is 0 Å². The van der Waals surface area contributed by atoms with Crippen molar-refractivity contribution in [3.05, 3.63) is 29.8 Å². The lowest BCUT2D eigenvalue weighted by molar-refractivity contribution is -0.143. The smallest absolute Gasteiger partial charge is 0.314 e. The van der Waals surface area contributed by atoms with E-state index in [1.54, 1.807) is 11.8 Å². The topological polar surface area (TPSA) is 49.4 Å². The van der Waals surface area contributed by atoms with Crippen LogP contribution >= 0.6 is 11.8 Å². The lowest BCUT2D eigenvalue weighted by Gasteiger charge is -2.26. The van der Waals surface area contributed by atoms with Crippen LogP contribution in [0.1, 0.15) is 13.3 Å². The standard InChI is InChI=1S/C14H18F2N2O2S/c1-4-9(8-21-3)18(2)14(20)13(19)17-12-10(15)6-5-7-11(12)16/h5-7,9H,4,8H2,1-3H3,(H,17,19)/t9-/m1/s1. The van der Waals surface area contributed by atoms with Gasteiger partial charge in [-0.3, -0.25) is 9.59 Å². The van der Waals surface area contributed by atoms with Crippen molar-refractivity contribution < 1.29 is 18.4 Å². The first-order chi connectivity index (χ1) is 9.92. The van der Waals surface area contributed by atoms with Gasteiger partial charge in [-0.05, 0) is 24.8 Å². The number of halogens is 2. The number of rotatable bonds is 5. The number of nitrogens with zero attached hydrogens (tertiary/aromatic N) is 1. The van der Waals surface area contributed by atoms with Crippen LogP contribution in [0.5, 0.6) is 0 Å². The molecular weight excluding hydrogens is 298 g/mol. The SMILES string of the molecule is CC[C@H](CSC)N(C)C(=O)C(=O)Nc1c(F)cccc1F. The summed E-state index contributed by atoms with van der Waals surface area (Å²) in [7, 11) is 1.50. The number of likely N-dealkylation sites (N-methyl/N-ethyl adjacent to an activating group) is 1. The van der Waals surface area contributed by atoms with Gasteiger partial charge in [0, 0.05) is 18.8 Å². The van der Waals surface area contributed by atoms with Gasteiger partial charge in [0.25, 0.3) is 0 Å². The molecule has 7 heteroatoms. The van der Waals surface area contributed by atoms with E-state index in [0.29, 0.717) is 12.2 Å². The maximum absolute atomic E-state index is 13.4. The van der Waals surface area contributed by atoms with Crippen LogP contribution in [-0.4, -0.2) is 41.8 Å². The molecule has 0 radical (unpaired) electrons. The van der Waals surface area contributed by atoms with Crippen molar-refractivity contribution >= 4 is 29.3 Å². The quantitative estimate of drug-likeness (QED) is 0.849. The second-order valence-electron chi connectivity index (χ2n) is 4.48. The molecule has 0 unspecified atom stereocenters. The molecule has 21 heavy (non-hydrogen) atoms. The first-order valence-corrected chi connectivity index (χ1v) is 7.82. The van der Waals surface area contributed by atoms with Gasteiger partial charge in [-0.15, -0.1) is 0 Å². The van der Waals surface area contributed by atoms with Gasteiger partial charge in [0.15, 0.2) is 0 Å². The fourth-order valence-electron chi connectivity index (χ4n) is 1.81. The van der Waals surface area contributed by atoms with E-state index in [2.05, 4.69) is 0 Å². The number of thioether (sulfide) groups is 1. The monoisotopic (exact) mass is 316 g/mol. The summed E-state index contributed by atoms with van der Waals surface area (Å²) in [5, 5.41) is 1.99. The summed E-state index contributed by atoms with van der Waals surface area (Å²) < 4.78 is 26.9. The Balaban J connectivity index is 2.81. The number of benzene rings is 1. The summed E-state index contributed by atoms with van der Waals surface area (Å²) >= 11 is 1.56. The van der Waals surface area contributed by atoms with Crippen molar-refractivity contribution in [3.63, 3.8) is 0 Å². The van der Waals surface area contributed by atoms with Crippen molar-refractivity contribution in [2.45, 2.75) is 19.4 Å². The fraction of sp³-hybridized carbons (Fsp3) is 0.429. The highest BCUT2D eigenvalue weighted by Crippen LogP contribution is 2.18. The summed E-state index contributed by atoms with van der Waals surface area (Å²) in [6.45, 7) is 1.90. The van der Waals surface area contributed by atoms with E-state index in [1.807, 2.05) is 18.5 Å². The van der Waals surface area contributed by atoms with E-state index < -0.39 is 29.1 Å². The molecule has 0 aliphatic heterocycles. The van der Waals surface area contributed by atoms with E-state index in [0.717, 1.165) is 12.1 Å². The van der Waals surface area contributed by atoms with Crippen molar-refractivity contribution in [1.82, 2.24) is 4.90 Å². The van der Waals surface area contributed by atoms with Crippen molar-refractivity contribution in [1.29, 1.82) is 0 Å². The molecule has 0 aromatic heterocycles. The van der Waals surface area contributed by atoms with Crippen molar-refractivity contribution in [3.8, 4) is 0 Å². The number of nitrogens with one attached hydrogen (secondary N) is 1. The summed E-state index contributed by atoms with van der Waals surface area (Å²) in [6.07, 6.45) is 2.58. The first kappa shape index (κ1) is 17.4. The van der Waals surface area contributed by atoms with E-state index in [4.69, 9.17) is 0 Å². The molecular formula is C14H18F2N2O2S. The van der Waals surface area contributed by atoms with Gasteiger partial charge in [0.05, 0.1) is 0 Å². The second kappa shape index (κ2) is 7.97. The Morgan fingerprint density at radius 2 is 1.90 bits per heavy atom. The molecule has 0 bridgehead atoms. The number of carbonyl (C=O) groups is 2. The van der Waals surface area contributed by atoms with Crippen LogP contribution in [0.15, 0.2) is 18.2 Å². The van der Waals surface area contributed by atoms with Crippen LogP contribution in [0.4, 0.5) is 14.5 Å². The van der Waals surface area contributed by atoms with E-state index in [1.165, 1.54) is 18.0 Å². The average molecular weight is 316 g/mol. The summed E-state index contributed by atoms with van der Waals surface area (Å²) in [5.41, 5.74) is -0.609. The van der Waals surface area contributed by atoms with E-state index in [9.17, 15) is 18.4 Å². The molecule has 1 aromatic carbocycles. The maximum Gasteiger partial charge on any atom is 0.314 e. The Morgan fingerprint density at radius 3 is 2.38 bits per heavy atom. The van der Waals surface area contributed by atoms with Crippen LogP contribution in [0.2, 0.25) is 0 Å². The molecule has 0 spiro atoms. The Kier molecular flexibility index (Phi) is 6.61. The minimum atomic E-state index is -1.05. The maximum atomic E-state index is 13.4. The third-order valence-corrected chi connectivity index (χ3v) is 3.81. The number of hydrogen-bond donors (Lipinski definition) is 1. The van der Waals surface area contributed by atoms with Gasteiger partial charge < -0.3 is 10.2 Å². The Morgan fingerprint density at radius 1 is 1.33 bits per heavy atom. The van der Waals surface area contributed by atoms with Crippen LogP contribution < -0.4 is 5.32 Å². The van der Waals surface area contributed by atoms with Crippen molar-refractivity contribution in [2.24, 2.45) is 0 Å². The zero-order chi connectivity index (χ0) is 16.0. The fourth-order valence-corrected chi connectivity index (χ4v) is 2.65. The largest absolute Gasteiger partial charge is 0.334 e. The van der Waals surface area contributed by atoms with Crippen molar-refractivity contribution in [2.75, 3.05) is 24.4 Å². The predicted octanol–water partition coefficient (Wildman–Crippen LogP) is 2.50. The highest BCUT2D eigenvalue weighted by molar-refractivity contribution is 7.98. The van der Waals surface area contributed by atoms with Gasteiger partial charge in [0.1, 0.15) is 17.3 Å². The highest BCUT2D eigenvalue weighted by Gasteiger charge is 2.25. The van der Waals surface area contributed by atoms with Gasteiger partial charge in [-0.1, -0.05) is 13.0 Å². The summed E-state index contributed by atoms with van der Waals surface area (Å²) in [4.78, 5) is 25.1. The number of para-hydroxylation sites is 1. The second-order valence-corrected chi connectivity index (χ2v) is 5.39. The molecule has 0 aliphatic rings. The number of anilines is 1. The minimum Gasteiger partial charge on any atom is -0.334 e. The van der Waals surface area contributed by atoms with Gasteiger partial charge in [-0.25, -0.2) is 8.78 Å². The molecule has 2 amide bonds. The molecule has 116 valence electrons. The molecule has 1 N–H and O–H groups in total. The van der Waals surface area contributed by atoms with Gasteiger partial charge in [0.2, 0.25) is 0 Å². The predicted molar refractivity (Wildman–Crippen MR) is 80.2 cm³/mol. The number of carbonyl (C=O) groups excluding carboxylic acids is 2. The van der Waals surface area contributed by atoms with E-state index >= 15 is 0 Å². The Hall–Kier alpha value is -1.63. The molecule has 1 rings (SSSR count). The zero-order valence-corrected chi connectivity index (χ0v) is 13.0. The molecule has 4 nitrogen and oxygen atoms in total. The van der Waals surface area contributed by atoms with Gasteiger partial charge >= 0.3 is 11.8 Å². The van der Waals surface area contributed by atoms with Gasteiger partial charge in [-0.2, -0.15) is 11.8 Å². The third kappa shape index (κ3) is 4.42. The molecule has 1 aromatic rings. The number of hydrogen-bond acceptors (Lipinski definition) is 3. The first-order valence-electron chi connectivity index (χ1n) is 6.43. The van der Waals surface area contributed by atoms with Crippen LogP contribution in [0, 0.1) is 11.6 Å². The lowest BCUT2D eigenvalue weighted by atomic mass is 10.2. The molecule has 0 saturated heterocycles. The Bertz CT molecular complexity index is 505. The minimum absolute atomic E-state index is 0.108. The molecule has 0 saturated carbocycles.